The molecule has 0 aliphatic carbocycles. The molecule has 4 aromatic rings. The molecule has 0 unspecified atom stereocenters. The summed E-state index contributed by atoms with van der Waals surface area (Å²) in [6, 6.07) is 10.1. The predicted molar refractivity (Wildman–Crippen MR) is 134 cm³/mol. The maximum absolute atomic E-state index is 12.5. The van der Waals surface area contributed by atoms with Gasteiger partial charge in [0.25, 0.3) is 10.9 Å². The summed E-state index contributed by atoms with van der Waals surface area (Å²) in [7, 11) is 1.29. The van der Waals surface area contributed by atoms with Gasteiger partial charge in [-0.25, -0.2) is 9.78 Å². The molecule has 0 amide bonds. The molecular formula is C26H26N4O5. The Morgan fingerprint density at radius 3 is 2.46 bits per heavy atom. The summed E-state index contributed by atoms with van der Waals surface area (Å²) in [5.41, 5.74) is 0.126. The second-order valence-corrected chi connectivity index (χ2v) is 7.94. The third-order valence-electron chi connectivity index (χ3n) is 5.87. The number of fused-ring (bicyclic) bond motifs is 1. The molecule has 35 heavy (non-hydrogen) atoms. The Labute approximate surface area is 202 Å². The quantitative estimate of drug-likeness (QED) is 0.274. The summed E-state index contributed by atoms with van der Waals surface area (Å²) in [5.74, 6) is 0.521. The van der Waals surface area contributed by atoms with Gasteiger partial charge in [0.15, 0.2) is 0 Å². The summed E-state index contributed by atoms with van der Waals surface area (Å²) < 4.78 is 10.9. The number of hydrogen-bond donors (Lipinski definition) is 1. The zero-order valence-electron chi connectivity index (χ0n) is 19.8. The number of hydrogen-bond acceptors (Lipinski definition) is 9. The number of anilines is 2. The first-order valence-electron chi connectivity index (χ1n) is 11.3. The third-order valence-corrected chi connectivity index (χ3v) is 5.87. The fourth-order valence-corrected chi connectivity index (χ4v) is 3.98. The minimum atomic E-state index is -0.836. The van der Waals surface area contributed by atoms with Gasteiger partial charge in [0.1, 0.15) is 23.2 Å². The maximum atomic E-state index is 12.5. The van der Waals surface area contributed by atoms with E-state index in [1.54, 1.807) is 35.6 Å². The van der Waals surface area contributed by atoms with E-state index in [4.69, 9.17) is 9.47 Å². The highest BCUT2D eigenvalue weighted by Crippen LogP contribution is 2.27. The van der Waals surface area contributed by atoms with Crippen molar-refractivity contribution in [2.75, 3.05) is 30.4 Å². The summed E-state index contributed by atoms with van der Waals surface area (Å²) in [6.45, 7) is 4.94. The van der Waals surface area contributed by atoms with Gasteiger partial charge in [-0.05, 0) is 43.7 Å². The highest BCUT2D eigenvalue weighted by atomic mass is 16.5. The fourth-order valence-electron chi connectivity index (χ4n) is 3.98. The molecule has 1 atom stereocenters. The molecule has 0 spiro atoms. The summed E-state index contributed by atoms with van der Waals surface area (Å²) >= 11 is 0. The predicted octanol–water partition coefficient (Wildman–Crippen LogP) is 3.06. The van der Waals surface area contributed by atoms with E-state index in [-0.39, 0.29) is 12.1 Å². The van der Waals surface area contributed by atoms with Gasteiger partial charge in [-0.1, -0.05) is 12.1 Å². The van der Waals surface area contributed by atoms with Gasteiger partial charge in [-0.2, -0.15) is 0 Å². The van der Waals surface area contributed by atoms with Crippen molar-refractivity contribution < 1.29 is 14.3 Å². The number of rotatable bonds is 10. The second-order valence-electron chi connectivity index (χ2n) is 7.94. The number of ether oxygens (including phenoxy) is 2. The number of nitrogens with one attached hydrogen (secondary N) is 1. The molecule has 0 bridgehead atoms. The van der Waals surface area contributed by atoms with Crippen LogP contribution in [-0.4, -0.2) is 42.2 Å². The first kappa shape index (κ1) is 23.9. The molecule has 0 fully saturated rings. The molecule has 2 aromatic carbocycles. The van der Waals surface area contributed by atoms with Crippen molar-refractivity contribution in [3.05, 3.63) is 81.0 Å². The Hall–Kier alpha value is -4.27. The van der Waals surface area contributed by atoms with Gasteiger partial charge in [0, 0.05) is 48.9 Å². The van der Waals surface area contributed by atoms with Crippen LogP contribution in [-0.2, 0) is 16.0 Å². The Balaban J connectivity index is 1.52. The van der Waals surface area contributed by atoms with E-state index in [1.807, 2.05) is 38.1 Å². The second kappa shape index (κ2) is 10.3. The molecule has 2 aromatic heterocycles. The largest absolute Gasteiger partial charge is 0.467 e. The van der Waals surface area contributed by atoms with Crippen LogP contribution in [0, 0.1) is 0 Å². The SMILES string of the molecule is CCN(CC)c1c(N[C@@H](Cc2ccc(Oc3nccc4cnccc34)cc2)C(=O)OC)c(=O)c1=O. The van der Waals surface area contributed by atoms with Gasteiger partial charge in [0.05, 0.1) is 7.11 Å². The number of esters is 1. The number of aromatic nitrogens is 2. The molecule has 0 aliphatic heterocycles. The monoisotopic (exact) mass is 474 g/mol. The lowest BCUT2D eigenvalue weighted by molar-refractivity contribution is -0.141. The van der Waals surface area contributed by atoms with Crippen LogP contribution in [0.25, 0.3) is 10.8 Å². The van der Waals surface area contributed by atoms with Crippen LogP contribution in [0.1, 0.15) is 19.4 Å². The topological polar surface area (TPSA) is 111 Å². The van der Waals surface area contributed by atoms with Gasteiger partial charge in [-0.15, -0.1) is 0 Å². The summed E-state index contributed by atoms with van der Waals surface area (Å²) in [6.07, 6.45) is 5.34. The third kappa shape index (κ3) is 4.84. The Bertz CT molecular complexity index is 1400. The molecular weight excluding hydrogens is 448 g/mol. The van der Waals surface area contributed by atoms with Crippen LogP contribution >= 0.6 is 0 Å². The van der Waals surface area contributed by atoms with Crippen LogP contribution < -0.4 is 25.8 Å². The minimum absolute atomic E-state index is 0.158. The number of benzene rings is 1. The van der Waals surface area contributed by atoms with Gasteiger partial charge < -0.3 is 19.7 Å². The molecule has 4 rings (SSSR count). The van der Waals surface area contributed by atoms with Crippen LogP contribution in [0.4, 0.5) is 11.4 Å². The van der Waals surface area contributed by atoms with Crippen LogP contribution in [0.2, 0.25) is 0 Å². The van der Waals surface area contributed by atoms with E-state index < -0.39 is 22.9 Å². The number of methoxy groups -OCH3 is 1. The summed E-state index contributed by atoms with van der Waals surface area (Å²) in [5, 5.41) is 4.72. The van der Waals surface area contributed by atoms with Crippen molar-refractivity contribution >= 4 is 28.1 Å². The smallest absolute Gasteiger partial charge is 0.328 e. The van der Waals surface area contributed by atoms with Crippen molar-refractivity contribution in [2.45, 2.75) is 26.3 Å². The van der Waals surface area contributed by atoms with Crippen LogP contribution in [0.15, 0.2) is 64.6 Å². The van der Waals surface area contributed by atoms with Crippen molar-refractivity contribution in [3.8, 4) is 11.6 Å². The van der Waals surface area contributed by atoms with Crippen molar-refractivity contribution in [2.24, 2.45) is 0 Å². The molecule has 0 saturated carbocycles. The number of carbonyl (C=O) groups excluding carboxylic acids is 1. The van der Waals surface area contributed by atoms with E-state index in [9.17, 15) is 14.4 Å². The van der Waals surface area contributed by atoms with Gasteiger partial charge >= 0.3 is 5.97 Å². The van der Waals surface area contributed by atoms with Crippen molar-refractivity contribution in [1.82, 2.24) is 9.97 Å². The average molecular weight is 475 g/mol. The number of nitrogens with zero attached hydrogens (tertiary/aromatic N) is 3. The fraction of sp³-hybridized carbons (Fsp3) is 0.269. The van der Waals surface area contributed by atoms with Crippen LogP contribution in [0.3, 0.4) is 0 Å². The molecule has 0 saturated heterocycles. The minimum Gasteiger partial charge on any atom is -0.467 e. The molecule has 2 heterocycles. The van der Waals surface area contributed by atoms with Gasteiger partial charge in [0.2, 0.25) is 5.88 Å². The average Bonchev–Trinajstić information content (AvgIpc) is 2.90. The van der Waals surface area contributed by atoms with Crippen molar-refractivity contribution in [1.29, 1.82) is 0 Å². The van der Waals surface area contributed by atoms with E-state index >= 15 is 0 Å². The van der Waals surface area contributed by atoms with E-state index in [0.717, 1.165) is 16.3 Å². The first-order chi connectivity index (χ1) is 17.0. The highest BCUT2D eigenvalue weighted by Gasteiger charge is 2.29. The molecule has 0 radical (unpaired) electrons. The normalized spacial score (nSPS) is 11.9. The molecule has 180 valence electrons. The lowest BCUT2D eigenvalue weighted by Gasteiger charge is -2.27. The Morgan fingerprint density at radius 2 is 1.77 bits per heavy atom. The van der Waals surface area contributed by atoms with E-state index in [0.29, 0.717) is 30.4 Å². The molecule has 9 nitrogen and oxygen atoms in total. The number of pyridine rings is 2. The molecule has 0 aliphatic rings. The zero-order valence-corrected chi connectivity index (χ0v) is 19.8. The summed E-state index contributed by atoms with van der Waals surface area (Å²) in [4.78, 5) is 47.1. The lowest BCUT2D eigenvalue weighted by atomic mass is 10.0. The zero-order chi connectivity index (χ0) is 24.9. The standard InChI is InChI=1S/C26H26N4O5/c1-4-30(5-2)22-21(23(31)24(22)32)29-20(26(33)34-3)14-16-6-8-18(9-7-16)35-25-19-11-12-27-15-17(19)10-13-28-25/h6-13,15,20,29H,4-5,14H2,1-3H3/t20-/m0/s1. The Morgan fingerprint density at radius 1 is 1.03 bits per heavy atom. The molecule has 1 N–H and O–H groups in total. The first-order valence-corrected chi connectivity index (χ1v) is 11.3. The highest BCUT2D eigenvalue weighted by molar-refractivity contribution is 5.86. The van der Waals surface area contributed by atoms with E-state index in [1.165, 1.54) is 7.11 Å². The lowest BCUT2D eigenvalue weighted by Crippen LogP contribution is -2.46. The van der Waals surface area contributed by atoms with Crippen LogP contribution in [0.5, 0.6) is 11.6 Å². The number of carbonyl (C=O) groups is 1. The van der Waals surface area contributed by atoms with E-state index in [2.05, 4.69) is 15.3 Å². The van der Waals surface area contributed by atoms with Crippen molar-refractivity contribution in [3.63, 3.8) is 0 Å². The maximum Gasteiger partial charge on any atom is 0.328 e. The molecule has 9 heteroatoms. The van der Waals surface area contributed by atoms with Gasteiger partial charge in [-0.3, -0.25) is 14.6 Å². The Kier molecular flexibility index (Phi) is 7.05.